The highest BCUT2D eigenvalue weighted by atomic mass is 16.6. The van der Waals surface area contributed by atoms with Crippen LogP contribution in [0, 0.1) is 10.1 Å². The van der Waals surface area contributed by atoms with E-state index in [0.717, 1.165) is 4.90 Å². The van der Waals surface area contributed by atoms with Gasteiger partial charge in [-0.25, -0.2) is 0 Å². The van der Waals surface area contributed by atoms with Crippen LogP contribution in [0.2, 0.25) is 0 Å². The monoisotopic (exact) mass is 349 g/mol. The minimum atomic E-state index is -0.521. The fraction of sp³-hybridized carbons (Fsp3) is 0.0526. The number of nitro groups is 1. The lowest BCUT2D eigenvalue weighted by Crippen LogP contribution is -2.32. The summed E-state index contributed by atoms with van der Waals surface area (Å²) in [5.74, 6) is -0.936. The van der Waals surface area contributed by atoms with Gasteiger partial charge in [0, 0.05) is 24.4 Å². The predicted molar refractivity (Wildman–Crippen MR) is 97.0 cm³/mol. The topological polar surface area (TPSA) is 92.6 Å². The highest BCUT2D eigenvalue weighted by Crippen LogP contribution is 2.31. The molecule has 1 N–H and O–H groups in total. The molecule has 130 valence electrons. The van der Waals surface area contributed by atoms with Gasteiger partial charge in [0.25, 0.3) is 17.5 Å². The maximum atomic E-state index is 12.8. The van der Waals surface area contributed by atoms with Gasteiger partial charge >= 0.3 is 0 Å². The van der Waals surface area contributed by atoms with E-state index in [9.17, 15) is 19.7 Å². The molecule has 0 aromatic heterocycles. The summed E-state index contributed by atoms with van der Waals surface area (Å²) < 4.78 is 0. The lowest BCUT2D eigenvalue weighted by atomic mass is 10.0. The normalized spacial score (nSPS) is 13.9. The van der Waals surface area contributed by atoms with Gasteiger partial charge in [-0.15, -0.1) is 6.58 Å². The molecular weight excluding hydrogens is 334 g/mol. The molecule has 2 aromatic rings. The van der Waals surface area contributed by atoms with Crippen molar-refractivity contribution in [2.24, 2.45) is 0 Å². The van der Waals surface area contributed by atoms with Gasteiger partial charge in [-0.05, 0) is 29.8 Å². The number of non-ortho nitro benzene ring substituents is 1. The standard InChI is InChI=1S/C19H15N3O4/c1-2-12-21-18(23)16(13-8-10-15(11-9-13)22(25)26)17(19(21)24)20-14-6-4-3-5-7-14/h2-11,20H,1,12H2. The second-order valence-electron chi connectivity index (χ2n) is 5.55. The molecule has 0 radical (unpaired) electrons. The Kier molecular flexibility index (Phi) is 4.62. The molecule has 2 aromatic carbocycles. The van der Waals surface area contributed by atoms with E-state index in [4.69, 9.17) is 0 Å². The number of benzene rings is 2. The lowest BCUT2D eigenvalue weighted by Gasteiger charge is -2.12. The number of rotatable bonds is 6. The summed E-state index contributed by atoms with van der Waals surface area (Å²) in [6.07, 6.45) is 1.47. The Morgan fingerprint density at radius 3 is 2.27 bits per heavy atom. The molecule has 0 fully saturated rings. The Balaban J connectivity index is 2.07. The van der Waals surface area contributed by atoms with Gasteiger partial charge in [0.1, 0.15) is 5.70 Å². The molecule has 7 heteroatoms. The average molecular weight is 349 g/mol. The average Bonchev–Trinajstić information content (AvgIpc) is 2.87. The molecule has 1 heterocycles. The van der Waals surface area contributed by atoms with Crippen molar-refractivity contribution in [3.05, 3.63) is 88.6 Å². The number of imide groups is 1. The van der Waals surface area contributed by atoms with E-state index in [1.807, 2.05) is 6.07 Å². The van der Waals surface area contributed by atoms with Crippen molar-refractivity contribution >= 4 is 28.8 Å². The van der Waals surface area contributed by atoms with Crippen molar-refractivity contribution in [3.8, 4) is 0 Å². The smallest absolute Gasteiger partial charge is 0.278 e. The number of carbonyl (C=O) groups excluding carboxylic acids is 2. The molecule has 0 unspecified atom stereocenters. The van der Waals surface area contributed by atoms with Gasteiger partial charge in [0.05, 0.1) is 10.5 Å². The summed E-state index contributed by atoms with van der Waals surface area (Å²) in [6, 6.07) is 14.5. The Labute approximate surface area is 149 Å². The van der Waals surface area contributed by atoms with Crippen LogP contribution < -0.4 is 5.32 Å². The van der Waals surface area contributed by atoms with E-state index < -0.39 is 16.7 Å². The molecule has 3 rings (SSSR count). The van der Waals surface area contributed by atoms with Crippen LogP contribution in [0.4, 0.5) is 11.4 Å². The minimum Gasteiger partial charge on any atom is -0.350 e. The summed E-state index contributed by atoms with van der Waals surface area (Å²) in [6.45, 7) is 3.65. The second kappa shape index (κ2) is 7.02. The van der Waals surface area contributed by atoms with Gasteiger partial charge in [-0.3, -0.25) is 24.6 Å². The SMILES string of the molecule is C=CCN1C(=O)C(Nc2ccccc2)=C(c2ccc([N+](=O)[O-])cc2)C1=O. The van der Waals surface area contributed by atoms with E-state index in [0.29, 0.717) is 11.3 Å². The van der Waals surface area contributed by atoms with Crippen LogP contribution in [0.1, 0.15) is 5.56 Å². The van der Waals surface area contributed by atoms with E-state index in [2.05, 4.69) is 11.9 Å². The van der Waals surface area contributed by atoms with Gasteiger partial charge in [-0.1, -0.05) is 24.3 Å². The van der Waals surface area contributed by atoms with E-state index >= 15 is 0 Å². The van der Waals surface area contributed by atoms with Crippen molar-refractivity contribution in [3.63, 3.8) is 0 Å². The molecule has 2 amide bonds. The molecule has 0 spiro atoms. The fourth-order valence-corrected chi connectivity index (χ4v) is 2.67. The van der Waals surface area contributed by atoms with Gasteiger partial charge in [0.15, 0.2) is 0 Å². The molecule has 0 saturated heterocycles. The zero-order chi connectivity index (χ0) is 18.7. The van der Waals surface area contributed by atoms with Crippen LogP contribution in [0.3, 0.4) is 0 Å². The van der Waals surface area contributed by atoms with Crippen molar-refractivity contribution in [2.75, 3.05) is 11.9 Å². The highest BCUT2D eigenvalue weighted by molar-refractivity contribution is 6.36. The van der Waals surface area contributed by atoms with Gasteiger partial charge in [-0.2, -0.15) is 0 Å². The van der Waals surface area contributed by atoms with Crippen molar-refractivity contribution in [2.45, 2.75) is 0 Å². The van der Waals surface area contributed by atoms with Crippen LogP contribution in [-0.4, -0.2) is 28.2 Å². The first kappa shape index (κ1) is 17.1. The van der Waals surface area contributed by atoms with Crippen LogP contribution in [-0.2, 0) is 9.59 Å². The molecule has 26 heavy (non-hydrogen) atoms. The number of nitrogens with zero attached hydrogens (tertiary/aromatic N) is 2. The first-order chi connectivity index (χ1) is 12.5. The summed E-state index contributed by atoms with van der Waals surface area (Å²) in [7, 11) is 0. The third-order valence-corrected chi connectivity index (χ3v) is 3.89. The Morgan fingerprint density at radius 1 is 1.04 bits per heavy atom. The largest absolute Gasteiger partial charge is 0.350 e. The van der Waals surface area contributed by atoms with Crippen molar-refractivity contribution < 1.29 is 14.5 Å². The van der Waals surface area contributed by atoms with E-state index in [1.54, 1.807) is 24.3 Å². The van der Waals surface area contributed by atoms with Crippen molar-refractivity contribution in [1.29, 1.82) is 0 Å². The summed E-state index contributed by atoms with van der Waals surface area (Å²) in [5.41, 5.74) is 1.31. The third-order valence-electron chi connectivity index (χ3n) is 3.89. The maximum Gasteiger partial charge on any atom is 0.278 e. The fourth-order valence-electron chi connectivity index (χ4n) is 2.67. The quantitative estimate of drug-likeness (QED) is 0.375. The van der Waals surface area contributed by atoms with Crippen LogP contribution >= 0.6 is 0 Å². The molecule has 0 saturated carbocycles. The van der Waals surface area contributed by atoms with Crippen LogP contribution in [0.5, 0.6) is 0 Å². The van der Waals surface area contributed by atoms with Gasteiger partial charge < -0.3 is 5.32 Å². The third kappa shape index (κ3) is 3.10. The zero-order valence-electron chi connectivity index (χ0n) is 13.7. The summed E-state index contributed by atoms with van der Waals surface area (Å²) in [4.78, 5) is 36.8. The number of nitrogens with one attached hydrogen (secondary N) is 1. The molecule has 0 bridgehead atoms. The molecular formula is C19H15N3O4. The number of hydrogen-bond donors (Lipinski definition) is 1. The number of amides is 2. The predicted octanol–water partition coefficient (Wildman–Crippen LogP) is 2.97. The molecule has 1 aliphatic rings. The van der Waals surface area contributed by atoms with Crippen LogP contribution in [0.15, 0.2) is 72.9 Å². The first-order valence-electron chi connectivity index (χ1n) is 7.81. The van der Waals surface area contributed by atoms with E-state index in [1.165, 1.54) is 30.3 Å². The van der Waals surface area contributed by atoms with Crippen molar-refractivity contribution in [1.82, 2.24) is 4.90 Å². The maximum absolute atomic E-state index is 12.8. The molecule has 7 nitrogen and oxygen atoms in total. The Morgan fingerprint density at radius 2 is 1.69 bits per heavy atom. The number of para-hydroxylation sites is 1. The summed E-state index contributed by atoms with van der Waals surface area (Å²) >= 11 is 0. The van der Waals surface area contributed by atoms with E-state index in [-0.39, 0.29) is 23.5 Å². The highest BCUT2D eigenvalue weighted by Gasteiger charge is 2.38. The summed E-state index contributed by atoms with van der Waals surface area (Å²) in [5, 5.41) is 13.8. The Bertz CT molecular complexity index is 918. The molecule has 0 atom stereocenters. The molecule has 0 aliphatic carbocycles. The number of nitro benzene ring substituents is 1. The zero-order valence-corrected chi connectivity index (χ0v) is 13.7. The first-order valence-corrected chi connectivity index (χ1v) is 7.81. The minimum absolute atomic E-state index is 0.0775. The number of anilines is 1. The lowest BCUT2D eigenvalue weighted by molar-refractivity contribution is -0.384. The number of carbonyl (C=O) groups is 2. The van der Waals surface area contributed by atoms with Gasteiger partial charge in [0.2, 0.25) is 0 Å². The van der Waals surface area contributed by atoms with Crippen LogP contribution in [0.25, 0.3) is 5.57 Å². The Hall–Kier alpha value is -3.74. The molecule has 1 aliphatic heterocycles. The second-order valence-corrected chi connectivity index (χ2v) is 5.55. The number of hydrogen-bond acceptors (Lipinski definition) is 5.